The topological polar surface area (TPSA) is 58.4 Å². The van der Waals surface area contributed by atoms with Gasteiger partial charge in [0.1, 0.15) is 0 Å². The van der Waals surface area contributed by atoms with Gasteiger partial charge in [0, 0.05) is 6.54 Å². The van der Waals surface area contributed by atoms with Crippen molar-refractivity contribution in [3.05, 3.63) is 0 Å². The first kappa shape index (κ1) is 14.4. The van der Waals surface area contributed by atoms with Crippen molar-refractivity contribution in [1.82, 2.24) is 10.2 Å². The molecule has 0 bridgehead atoms. The van der Waals surface area contributed by atoms with Crippen molar-refractivity contribution in [2.45, 2.75) is 38.6 Å². The monoisotopic (exact) mass is 215 g/mol. The first-order valence-corrected chi connectivity index (χ1v) is 5.76. The molecule has 1 amide bonds. The smallest absolute Gasteiger partial charge is 0.236 e. The molecule has 0 aromatic heterocycles. The Labute approximate surface area is 93.2 Å². The third-order valence-corrected chi connectivity index (χ3v) is 2.27. The lowest BCUT2D eigenvalue weighted by molar-refractivity contribution is -0.122. The standard InChI is InChI=1S/C11H25N3O/c1-4-7-10(12)11(15)13-8-5-6-9-14(2)3/h10H,4-9,12H2,1-3H3,(H,13,15)/t10-/m0/s1. The quantitative estimate of drug-likeness (QED) is 0.582. The molecule has 0 heterocycles. The molecule has 4 heteroatoms. The van der Waals surface area contributed by atoms with E-state index in [0.717, 1.165) is 38.8 Å². The number of nitrogens with zero attached hydrogens (tertiary/aromatic N) is 1. The van der Waals surface area contributed by atoms with E-state index in [0.29, 0.717) is 0 Å². The third-order valence-electron chi connectivity index (χ3n) is 2.27. The van der Waals surface area contributed by atoms with E-state index in [1.807, 2.05) is 6.92 Å². The van der Waals surface area contributed by atoms with Gasteiger partial charge in [-0.3, -0.25) is 4.79 Å². The van der Waals surface area contributed by atoms with Crippen LogP contribution in [0.1, 0.15) is 32.6 Å². The Morgan fingerprint density at radius 3 is 2.60 bits per heavy atom. The number of hydrogen-bond acceptors (Lipinski definition) is 3. The van der Waals surface area contributed by atoms with E-state index < -0.39 is 0 Å². The molecule has 0 spiro atoms. The Morgan fingerprint density at radius 1 is 1.40 bits per heavy atom. The van der Waals surface area contributed by atoms with Crippen molar-refractivity contribution < 1.29 is 4.79 Å². The van der Waals surface area contributed by atoms with Crippen LogP contribution in [0.4, 0.5) is 0 Å². The highest BCUT2D eigenvalue weighted by Crippen LogP contribution is 1.94. The van der Waals surface area contributed by atoms with Crippen molar-refractivity contribution in [3.8, 4) is 0 Å². The van der Waals surface area contributed by atoms with E-state index in [9.17, 15) is 4.79 Å². The number of unbranched alkanes of at least 4 members (excludes halogenated alkanes) is 1. The van der Waals surface area contributed by atoms with E-state index in [4.69, 9.17) is 5.73 Å². The Balaban J connectivity index is 3.38. The molecule has 1 atom stereocenters. The minimum atomic E-state index is -0.330. The second kappa shape index (κ2) is 8.68. The number of nitrogens with one attached hydrogen (secondary N) is 1. The molecular weight excluding hydrogens is 190 g/mol. The molecule has 0 aliphatic carbocycles. The summed E-state index contributed by atoms with van der Waals surface area (Å²) in [5, 5.41) is 2.86. The van der Waals surface area contributed by atoms with Gasteiger partial charge in [-0.25, -0.2) is 0 Å². The molecule has 0 saturated carbocycles. The van der Waals surface area contributed by atoms with Gasteiger partial charge in [-0.15, -0.1) is 0 Å². The van der Waals surface area contributed by atoms with E-state index >= 15 is 0 Å². The lowest BCUT2D eigenvalue weighted by atomic mass is 10.1. The summed E-state index contributed by atoms with van der Waals surface area (Å²) in [5.74, 6) is -0.0123. The van der Waals surface area contributed by atoms with Gasteiger partial charge in [0.25, 0.3) is 0 Å². The van der Waals surface area contributed by atoms with Crippen LogP contribution in [0.25, 0.3) is 0 Å². The summed E-state index contributed by atoms with van der Waals surface area (Å²) in [6.45, 7) is 3.84. The number of amides is 1. The van der Waals surface area contributed by atoms with Gasteiger partial charge >= 0.3 is 0 Å². The number of hydrogen-bond donors (Lipinski definition) is 2. The zero-order valence-electron chi connectivity index (χ0n) is 10.3. The van der Waals surface area contributed by atoms with Gasteiger partial charge < -0.3 is 16.0 Å². The Morgan fingerprint density at radius 2 is 2.07 bits per heavy atom. The van der Waals surface area contributed by atoms with E-state index in [2.05, 4.69) is 24.3 Å². The highest BCUT2D eigenvalue weighted by atomic mass is 16.2. The largest absolute Gasteiger partial charge is 0.355 e. The molecule has 4 nitrogen and oxygen atoms in total. The van der Waals surface area contributed by atoms with Crippen LogP contribution in [0.3, 0.4) is 0 Å². The van der Waals surface area contributed by atoms with Crippen molar-refractivity contribution in [2.24, 2.45) is 5.73 Å². The lowest BCUT2D eigenvalue weighted by Gasteiger charge is -2.12. The molecule has 15 heavy (non-hydrogen) atoms. The van der Waals surface area contributed by atoms with E-state index in [1.165, 1.54) is 0 Å². The zero-order valence-corrected chi connectivity index (χ0v) is 10.3. The van der Waals surface area contributed by atoms with E-state index in [-0.39, 0.29) is 11.9 Å². The molecule has 0 fully saturated rings. The number of carbonyl (C=O) groups excluding carboxylic acids is 1. The molecule has 0 aliphatic heterocycles. The van der Waals surface area contributed by atoms with Crippen molar-refractivity contribution in [2.75, 3.05) is 27.2 Å². The second-order valence-electron chi connectivity index (χ2n) is 4.20. The zero-order chi connectivity index (χ0) is 11.7. The molecule has 0 aromatic rings. The number of nitrogens with two attached hydrogens (primary N) is 1. The maximum atomic E-state index is 11.4. The van der Waals surface area contributed by atoms with Crippen LogP contribution in [0, 0.1) is 0 Å². The van der Waals surface area contributed by atoms with Crippen LogP contribution in [0.2, 0.25) is 0 Å². The molecule has 0 unspecified atom stereocenters. The predicted molar refractivity (Wildman–Crippen MR) is 63.7 cm³/mol. The highest BCUT2D eigenvalue weighted by Gasteiger charge is 2.10. The van der Waals surface area contributed by atoms with Crippen LogP contribution in [0.5, 0.6) is 0 Å². The van der Waals surface area contributed by atoms with Gasteiger partial charge in [-0.2, -0.15) is 0 Å². The average Bonchev–Trinajstić information content (AvgIpc) is 2.16. The fourth-order valence-corrected chi connectivity index (χ4v) is 1.34. The van der Waals surface area contributed by atoms with Crippen LogP contribution in [-0.4, -0.2) is 44.0 Å². The van der Waals surface area contributed by atoms with Crippen LogP contribution in [-0.2, 0) is 4.79 Å². The van der Waals surface area contributed by atoms with Crippen LogP contribution >= 0.6 is 0 Å². The first-order chi connectivity index (χ1) is 7.07. The first-order valence-electron chi connectivity index (χ1n) is 5.76. The number of rotatable bonds is 8. The fraction of sp³-hybridized carbons (Fsp3) is 0.909. The van der Waals surface area contributed by atoms with Gasteiger partial charge in [-0.05, 0) is 39.9 Å². The molecule has 90 valence electrons. The minimum absolute atomic E-state index is 0.0123. The summed E-state index contributed by atoms with van der Waals surface area (Å²) < 4.78 is 0. The van der Waals surface area contributed by atoms with Gasteiger partial charge in [-0.1, -0.05) is 13.3 Å². The molecule has 0 aromatic carbocycles. The molecule has 0 aliphatic rings. The Kier molecular flexibility index (Phi) is 8.33. The van der Waals surface area contributed by atoms with Gasteiger partial charge in [0.2, 0.25) is 5.91 Å². The maximum Gasteiger partial charge on any atom is 0.236 e. The minimum Gasteiger partial charge on any atom is -0.355 e. The number of carbonyl (C=O) groups is 1. The molecule has 0 saturated heterocycles. The van der Waals surface area contributed by atoms with Gasteiger partial charge in [0.05, 0.1) is 6.04 Å². The maximum absolute atomic E-state index is 11.4. The van der Waals surface area contributed by atoms with Crippen LogP contribution in [0.15, 0.2) is 0 Å². The van der Waals surface area contributed by atoms with Gasteiger partial charge in [0.15, 0.2) is 0 Å². The Bertz CT molecular complexity index is 171. The molecular formula is C11H25N3O. The molecule has 3 N–H and O–H groups in total. The molecule has 0 radical (unpaired) electrons. The Hall–Kier alpha value is -0.610. The lowest BCUT2D eigenvalue weighted by Crippen LogP contribution is -2.40. The third kappa shape index (κ3) is 8.39. The van der Waals surface area contributed by atoms with Crippen molar-refractivity contribution in [1.29, 1.82) is 0 Å². The summed E-state index contributed by atoms with van der Waals surface area (Å²) in [6, 6.07) is -0.330. The second-order valence-corrected chi connectivity index (χ2v) is 4.20. The van der Waals surface area contributed by atoms with Crippen molar-refractivity contribution >= 4 is 5.91 Å². The summed E-state index contributed by atoms with van der Waals surface area (Å²) in [5.41, 5.74) is 5.67. The van der Waals surface area contributed by atoms with Crippen molar-refractivity contribution in [3.63, 3.8) is 0 Å². The highest BCUT2D eigenvalue weighted by molar-refractivity contribution is 5.81. The summed E-state index contributed by atoms with van der Waals surface area (Å²) in [6.07, 6.45) is 3.85. The fourth-order valence-electron chi connectivity index (χ4n) is 1.34. The summed E-state index contributed by atoms with van der Waals surface area (Å²) >= 11 is 0. The average molecular weight is 215 g/mol. The van der Waals surface area contributed by atoms with E-state index in [1.54, 1.807) is 0 Å². The summed E-state index contributed by atoms with van der Waals surface area (Å²) in [4.78, 5) is 13.5. The SMILES string of the molecule is CCC[C@H](N)C(=O)NCCCCN(C)C. The molecule has 0 rings (SSSR count). The normalized spacial score (nSPS) is 12.9. The predicted octanol–water partition coefficient (Wildman–Crippen LogP) is 0.572. The van der Waals surface area contributed by atoms with Crippen LogP contribution < -0.4 is 11.1 Å². The summed E-state index contributed by atoms with van der Waals surface area (Å²) in [7, 11) is 4.10.